The van der Waals surface area contributed by atoms with Crippen molar-refractivity contribution in [1.82, 2.24) is 9.97 Å². The van der Waals surface area contributed by atoms with Crippen LogP contribution in [0.1, 0.15) is 0 Å². The van der Waals surface area contributed by atoms with Crippen LogP contribution in [0.5, 0.6) is 5.88 Å². The molecule has 0 aliphatic rings. The number of rotatable bonds is 3. The molecule has 0 bridgehead atoms. The highest BCUT2D eigenvalue weighted by Gasteiger charge is 1.99. The third-order valence-electron chi connectivity index (χ3n) is 1.02. The molecule has 1 heterocycles. The van der Waals surface area contributed by atoms with Crippen molar-refractivity contribution in [2.75, 3.05) is 11.8 Å². The molecule has 1 unspecified atom stereocenters. The van der Waals surface area contributed by atoms with Crippen LogP contribution in [0.3, 0.4) is 0 Å². The van der Waals surface area contributed by atoms with E-state index in [0.717, 1.165) is 0 Å². The first-order chi connectivity index (χ1) is 5.72. The molecule has 1 rings (SSSR count). The van der Waals surface area contributed by atoms with Gasteiger partial charge in [0, 0.05) is 12.3 Å². The second-order valence-electron chi connectivity index (χ2n) is 1.77. The van der Waals surface area contributed by atoms with Gasteiger partial charge >= 0.3 is 0 Å². The Hall–Kier alpha value is -1.21. The van der Waals surface area contributed by atoms with Gasteiger partial charge in [-0.05, 0) is 0 Å². The topological polar surface area (TPSA) is 84.3 Å². The lowest BCUT2D eigenvalue weighted by Gasteiger charge is -2.00. The van der Waals surface area contributed by atoms with Crippen molar-refractivity contribution in [1.29, 1.82) is 0 Å². The predicted octanol–water partition coefficient (Wildman–Crippen LogP) is 0.0338. The van der Waals surface area contributed by atoms with Gasteiger partial charge in [-0.15, -0.1) is 0 Å². The average molecular weight is 189 g/mol. The van der Waals surface area contributed by atoms with E-state index in [0.29, 0.717) is 5.88 Å². The summed E-state index contributed by atoms with van der Waals surface area (Å²) in [7, 11) is 1.45. The molecule has 2 N–H and O–H groups in total. The van der Waals surface area contributed by atoms with E-state index in [1.807, 2.05) is 0 Å². The van der Waals surface area contributed by atoms with Gasteiger partial charge in [-0.2, -0.15) is 4.98 Å². The Kier molecular flexibility index (Phi) is 2.94. The minimum absolute atomic E-state index is 0.0511. The maximum absolute atomic E-state index is 10.2. The fourth-order valence-electron chi connectivity index (χ4n) is 0.583. The average Bonchev–Trinajstić information content (AvgIpc) is 2.03. The summed E-state index contributed by atoms with van der Waals surface area (Å²) in [5.41, 5.74) is 0. The maximum atomic E-state index is 10.2. The summed E-state index contributed by atoms with van der Waals surface area (Å²) < 4.78 is 25.5. The molecule has 1 aromatic rings. The molecule has 0 aliphatic carbocycles. The van der Waals surface area contributed by atoms with Gasteiger partial charge in [0.25, 0.3) is 11.3 Å². The third-order valence-corrected chi connectivity index (χ3v) is 1.37. The van der Waals surface area contributed by atoms with Crippen LogP contribution < -0.4 is 9.46 Å². The monoisotopic (exact) mass is 189 g/mol. The van der Waals surface area contributed by atoms with Crippen LogP contribution in [0, 0.1) is 0 Å². The van der Waals surface area contributed by atoms with Crippen molar-refractivity contribution >= 4 is 17.2 Å². The number of nitrogens with one attached hydrogen (secondary N) is 1. The molecule has 0 radical (unpaired) electrons. The van der Waals surface area contributed by atoms with Gasteiger partial charge in [0.05, 0.1) is 7.11 Å². The van der Waals surface area contributed by atoms with Crippen LogP contribution in [0.2, 0.25) is 0 Å². The highest BCUT2D eigenvalue weighted by molar-refractivity contribution is 7.80. The van der Waals surface area contributed by atoms with Crippen molar-refractivity contribution in [3.05, 3.63) is 12.3 Å². The summed E-state index contributed by atoms with van der Waals surface area (Å²) in [5, 5.41) is 0. The molecule has 0 aliphatic heterocycles. The number of methoxy groups -OCH3 is 1. The van der Waals surface area contributed by atoms with E-state index in [2.05, 4.69) is 14.7 Å². The standard InChI is InChI=1S/C5H7N3O3S/c1-11-4-2-3-6-5(7-4)8-12(9)10/h2-3H,1H3,(H,9,10)(H,6,7,8). The molecule has 0 fully saturated rings. The molecule has 0 saturated carbocycles. The Bertz CT molecular complexity index is 293. The molecule has 0 aromatic carbocycles. The molecule has 6 nitrogen and oxygen atoms in total. The zero-order chi connectivity index (χ0) is 8.97. The lowest BCUT2D eigenvalue weighted by molar-refractivity contribution is 0.397. The number of aromatic nitrogens is 2. The number of nitrogens with zero attached hydrogens (tertiary/aromatic N) is 2. The van der Waals surface area contributed by atoms with E-state index in [-0.39, 0.29) is 5.95 Å². The van der Waals surface area contributed by atoms with Crippen LogP contribution in [-0.2, 0) is 11.3 Å². The van der Waals surface area contributed by atoms with Crippen molar-refractivity contribution < 1.29 is 13.5 Å². The smallest absolute Gasteiger partial charge is 0.261 e. The third kappa shape index (κ3) is 2.44. The van der Waals surface area contributed by atoms with Crippen LogP contribution in [0.25, 0.3) is 0 Å². The summed E-state index contributed by atoms with van der Waals surface area (Å²) in [5.74, 6) is 0.383. The molecule has 66 valence electrons. The Morgan fingerprint density at radius 2 is 2.50 bits per heavy atom. The molecule has 0 amide bonds. The van der Waals surface area contributed by atoms with Gasteiger partial charge in [-0.1, -0.05) is 0 Å². The first kappa shape index (κ1) is 8.88. The number of anilines is 1. The van der Waals surface area contributed by atoms with E-state index in [1.165, 1.54) is 19.4 Å². The highest BCUT2D eigenvalue weighted by Crippen LogP contribution is 2.06. The zero-order valence-corrected chi connectivity index (χ0v) is 7.04. The van der Waals surface area contributed by atoms with E-state index in [9.17, 15) is 4.21 Å². The lowest BCUT2D eigenvalue weighted by Crippen LogP contribution is -2.05. The first-order valence-electron chi connectivity index (χ1n) is 2.97. The summed E-state index contributed by atoms with van der Waals surface area (Å²) in [6.45, 7) is 0. The van der Waals surface area contributed by atoms with Gasteiger partial charge in [0.1, 0.15) is 0 Å². The van der Waals surface area contributed by atoms with Crippen molar-refractivity contribution in [3.63, 3.8) is 0 Å². The molecule has 12 heavy (non-hydrogen) atoms. The molecule has 0 saturated heterocycles. The van der Waals surface area contributed by atoms with E-state index in [1.54, 1.807) is 0 Å². The molecule has 7 heteroatoms. The van der Waals surface area contributed by atoms with Gasteiger partial charge < -0.3 is 4.74 Å². The normalized spacial score (nSPS) is 12.2. The Morgan fingerprint density at radius 1 is 1.75 bits per heavy atom. The minimum Gasteiger partial charge on any atom is -0.481 e. The molecular weight excluding hydrogens is 182 g/mol. The van der Waals surface area contributed by atoms with Crippen LogP contribution in [0.4, 0.5) is 5.95 Å². The molecular formula is C5H7N3O3S. The molecule has 1 aromatic heterocycles. The van der Waals surface area contributed by atoms with E-state index in [4.69, 9.17) is 9.29 Å². The quantitative estimate of drug-likeness (QED) is 0.655. The largest absolute Gasteiger partial charge is 0.481 e. The Morgan fingerprint density at radius 3 is 3.08 bits per heavy atom. The molecule has 0 spiro atoms. The summed E-state index contributed by atoms with van der Waals surface area (Å²) in [4.78, 5) is 7.41. The minimum atomic E-state index is -2.16. The Balaban J connectivity index is 2.79. The van der Waals surface area contributed by atoms with Gasteiger partial charge in [-0.3, -0.25) is 4.55 Å². The van der Waals surface area contributed by atoms with Crippen LogP contribution in [0.15, 0.2) is 12.3 Å². The SMILES string of the molecule is COc1ccnc(NS(=O)O)n1. The van der Waals surface area contributed by atoms with Crippen molar-refractivity contribution in [2.45, 2.75) is 0 Å². The zero-order valence-electron chi connectivity index (χ0n) is 6.22. The van der Waals surface area contributed by atoms with Crippen molar-refractivity contribution in [3.8, 4) is 5.88 Å². The second kappa shape index (κ2) is 3.98. The number of ether oxygens (including phenoxy) is 1. The van der Waals surface area contributed by atoms with E-state index < -0.39 is 11.3 Å². The highest BCUT2D eigenvalue weighted by atomic mass is 32.2. The summed E-state index contributed by atoms with van der Waals surface area (Å²) >= 11 is -2.16. The Labute approximate surface area is 71.4 Å². The van der Waals surface area contributed by atoms with Gasteiger partial charge in [0.15, 0.2) is 0 Å². The van der Waals surface area contributed by atoms with Crippen molar-refractivity contribution in [2.24, 2.45) is 0 Å². The first-order valence-corrected chi connectivity index (χ1v) is 4.07. The lowest BCUT2D eigenvalue weighted by atomic mass is 10.6. The second-order valence-corrected chi connectivity index (χ2v) is 2.48. The summed E-state index contributed by atoms with van der Waals surface area (Å²) in [6, 6.07) is 1.53. The van der Waals surface area contributed by atoms with Crippen LogP contribution >= 0.6 is 0 Å². The van der Waals surface area contributed by atoms with Gasteiger partial charge in [-0.25, -0.2) is 13.9 Å². The van der Waals surface area contributed by atoms with E-state index >= 15 is 0 Å². The predicted molar refractivity (Wildman–Crippen MR) is 43.0 cm³/mol. The summed E-state index contributed by atoms with van der Waals surface area (Å²) in [6.07, 6.45) is 1.42. The number of hydrogen-bond acceptors (Lipinski definition) is 4. The number of hydrogen-bond donors (Lipinski definition) is 2. The maximum Gasteiger partial charge on any atom is 0.261 e. The molecule has 1 atom stereocenters. The fourth-order valence-corrected chi connectivity index (χ4v) is 0.838. The fraction of sp³-hybridized carbons (Fsp3) is 0.200. The van der Waals surface area contributed by atoms with Crippen LogP contribution in [-0.4, -0.2) is 25.8 Å². The van der Waals surface area contributed by atoms with Gasteiger partial charge in [0.2, 0.25) is 11.8 Å².